The number of benzene rings is 1. The van der Waals surface area contributed by atoms with Crippen LogP contribution in [-0.4, -0.2) is 11.0 Å². The normalized spacial score (nSPS) is 9.18. The number of thiocarbonyl (C=S) groups is 1. The third kappa shape index (κ3) is 4.21. The van der Waals surface area contributed by atoms with E-state index in [9.17, 15) is 4.79 Å². The van der Waals surface area contributed by atoms with Crippen molar-refractivity contribution >= 4 is 28.9 Å². The summed E-state index contributed by atoms with van der Waals surface area (Å²) in [7, 11) is 0. The summed E-state index contributed by atoms with van der Waals surface area (Å²) in [5, 5.41) is 14.5. The van der Waals surface area contributed by atoms with E-state index in [1.807, 2.05) is 13.0 Å². The predicted molar refractivity (Wildman–Crippen MR) is 70.4 cm³/mol. The van der Waals surface area contributed by atoms with E-state index in [4.69, 9.17) is 17.5 Å². The van der Waals surface area contributed by atoms with E-state index in [0.717, 1.165) is 6.42 Å². The van der Waals surface area contributed by atoms with E-state index in [1.54, 1.807) is 24.3 Å². The van der Waals surface area contributed by atoms with Gasteiger partial charge in [-0.05, 0) is 30.8 Å². The number of hydrogen-bond acceptors (Lipinski definition) is 3. The van der Waals surface area contributed by atoms with Crippen molar-refractivity contribution in [2.45, 2.75) is 19.8 Å². The molecule has 0 atom stereocenters. The minimum Gasteiger partial charge on any atom is -0.331 e. The average molecular weight is 247 g/mol. The van der Waals surface area contributed by atoms with Gasteiger partial charge in [-0.2, -0.15) is 5.26 Å². The zero-order valence-electron chi connectivity index (χ0n) is 9.49. The standard InChI is InChI=1S/C12H13N3OS/c1-2-5-11(16)15-12(17)14-10-7-4-3-6-9(10)8-13/h3-4,6-7H,2,5H2,1H3,(H2,14,15,16,17). The van der Waals surface area contributed by atoms with Gasteiger partial charge in [0.15, 0.2) is 5.11 Å². The molecule has 2 N–H and O–H groups in total. The number of anilines is 1. The molecule has 1 aromatic carbocycles. The van der Waals surface area contributed by atoms with Gasteiger partial charge < -0.3 is 10.6 Å². The second kappa shape index (κ2) is 6.61. The van der Waals surface area contributed by atoms with Crippen LogP contribution in [0.15, 0.2) is 24.3 Å². The second-order valence-electron chi connectivity index (χ2n) is 3.41. The largest absolute Gasteiger partial charge is 0.331 e. The van der Waals surface area contributed by atoms with E-state index >= 15 is 0 Å². The van der Waals surface area contributed by atoms with Crippen LogP contribution in [0, 0.1) is 11.3 Å². The SMILES string of the molecule is CCCC(=O)NC(=S)Nc1ccccc1C#N. The molecule has 5 heteroatoms. The number of carbonyl (C=O) groups is 1. The monoisotopic (exact) mass is 247 g/mol. The average Bonchev–Trinajstić information content (AvgIpc) is 2.29. The van der Waals surface area contributed by atoms with Crippen LogP contribution in [0.4, 0.5) is 5.69 Å². The van der Waals surface area contributed by atoms with Crippen molar-refractivity contribution in [1.82, 2.24) is 5.32 Å². The molecule has 0 aliphatic heterocycles. The lowest BCUT2D eigenvalue weighted by atomic mass is 10.2. The van der Waals surface area contributed by atoms with Gasteiger partial charge in [0.1, 0.15) is 6.07 Å². The summed E-state index contributed by atoms with van der Waals surface area (Å²) in [4.78, 5) is 11.3. The van der Waals surface area contributed by atoms with Crippen LogP contribution in [-0.2, 0) is 4.79 Å². The number of hydrogen-bond donors (Lipinski definition) is 2. The minimum absolute atomic E-state index is 0.126. The highest BCUT2D eigenvalue weighted by molar-refractivity contribution is 7.80. The number of carbonyl (C=O) groups excluding carboxylic acids is 1. The van der Waals surface area contributed by atoms with Gasteiger partial charge in [0, 0.05) is 6.42 Å². The molecular formula is C12H13N3OS. The first-order valence-electron chi connectivity index (χ1n) is 5.27. The summed E-state index contributed by atoms with van der Waals surface area (Å²) in [6, 6.07) is 9.01. The summed E-state index contributed by atoms with van der Waals surface area (Å²) in [5.74, 6) is -0.126. The van der Waals surface area contributed by atoms with Crippen molar-refractivity contribution in [3.05, 3.63) is 29.8 Å². The fourth-order valence-electron chi connectivity index (χ4n) is 1.26. The topological polar surface area (TPSA) is 64.9 Å². The molecular weight excluding hydrogens is 234 g/mol. The van der Waals surface area contributed by atoms with E-state index < -0.39 is 0 Å². The fraction of sp³-hybridized carbons (Fsp3) is 0.250. The third-order valence-corrected chi connectivity index (χ3v) is 2.23. The molecule has 0 aliphatic carbocycles. The van der Waals surface area contributed by atoms with Gasteiger partial charge in [-0.15, -0.1) is 0 Å². The Bertz CT molecular complexity index is 465. The number of amides is 1. The molecule has 17 heavy (non-hydrogen) atoms. The summed E-state index contributed by atoms with van der Waals surface area (Å²) >= 11 is 4.98. The van der Waals surface area contributed by atoms with Crippen LogP contribution in [0.5, 0.6) is 0 Å². The van der Waals surface area contributed by atoms with Gasteiger partial charge in [-0.3, -0.25) is 4.79 Å². The highest BCUT2D eigenvalue weighted by Gasteiger charge is 2.05. The number of nitrogens with one attached hydrogen (secondary N) is 2. The van der Waals surface area contributed by atoms with Gasteiger partial charge in [0.05, 0.1) is 11.3 Å². The third-order valence-electron chi connectivity index (χ3n) is 2.03. The number of nitrogens with zero attached hydrogens (tertiary/aromatic N) is 1. The lowest BCUT2D eigenvalue weighted by Crippen LogP contribution is -2.34. The van der Waals surface area contributed by atoms with Crippen LogP contribution < -0.4 is 10.6 Å². The molecule has 0 aliphatic rings. The van der Waals surface area contributed by atoms with Crippen molar-refractivity contribution in [3.63, 3.8) is 0 Å². The zero-order valence-corrected chi connectivity index (χ0v) is 10.3. The summed E-state index contributed by atoms with van der Waals surface area (Å²) in [5.41, 5.74) is 1.08. The molecule has 0 heterocycles. The van der Waals surface area contributed by atoms with Crippen molar-refractivity contribution in [1.29, 1.82) is 5.26 Å². The Hall–Kier alpha value is -1.93. The van der Waals surface area contributed by atoms with Gasteiger partial charge in [-0.25, -0.2) is 0 Å². The first-order chi connectivity index (χ1) is 8.17. The molecule has 0 fully saturated rings. The van der Waals surface area contributed by atoms with E-state index in [2.05, 4.69) is 10.6 Å². The molecule has 1 amide bonds. The van der Waals surface area contributed by atoms with E-state index in [0.29, 0.717) is 17.7 Å². The lowest BCUT2D eigenvalue weighted by molar-refractivity contribution is -0.119. The Morgan fingerprint density at radius 2 is 2.18 bits per heavy atom. The Morgan fingerprint density at radius 3 is 2.82 bits per heavy atom. The van der Waals surface area contributed by atoms with Gasteiger partial charge >= 0.3 is 0 Å². The molecule has 0 saturated heterocycles. The van der Waals surface area contributed by atoms with Crippen LogP contribution in [0.2, 0.25) is 0 Å². The van der Waals surface area contributed by atoms with Crippen LogP contribution in [0.3, 0.4) is 0 Å². The van der Waals surface area contributed by atoms with Crippen LogP contribution >= 0.6 is 12.2 Å². The minimum atomic E-state index is -0.126. The Morgan fingerprint density at radius 1 is 1.47 bits per heavy atom. The van der Waals surface area contributed by atoms with Crippen LogP contribution in [0.25, 0.3) is 0 Å². The highest BCUT2D eigenvalue weighted by atomic mass is 32.1. The zero-order chi connectivity index (χ0) is 12.7. The molecule has 1 aromatic rings. The molecule has 0 saturated carbocycles. The lowest BCUT2D eigenvalue weighted by Gasteiger charge is -2.10. The fourth-order valence-corrected chi connectivity index (χ4v) is 1.48. The number of nitriles is 1. The number of para-hydroxylation sites is 1. The summed E-state index contributed by atoms with van der Waals surface area (Å²) in [6.45, 7) is 1.92. The maximum atomic E-state index is 11.3. The molecule has 88 valence electrons. The Balaban J connectivity index is 2.63. The van der Waals surface area contributed by atoms with Crippen molar-refractivity contribution in [3.8, 4) is 6.07 Å². The first-order valence-corrected chi connectivity index (χ1v) is 5.68. The molecule has 0 radical (unpaired) electrons. The Labute approximate surface area is 106 Å². The molecule has 4 nitrogen and oxygen atoms in total. The molecule has 0 unspecified atom stereocenters. The smallest absolute Gasteiger partial charge is 0.226 e. The maximum Gasteiger partial charge on any atom is 0.226 e. The molecule has 0 bridgehead atoms. The molecule has 1 rings (SSSR count). The quantitative estimate of drug-likeness (QED) is 0.803. The maximum absolute atomic E-state index is 11.3. The second-order valence-corrected chi connectivity index (χ2v) is 3.82. The predicted octanol–water partition coefficient (Wildman–Crippen LogP) is 2.17. The van der Waals surface area contributed by atoms with Gasteiger partial charge in [0.2, 0.25) is 5.91 Å². The first kappa shape index (κ1) is 13.1. The summed E-state index contributed by atoms with van der Waals surface area (Å²) in [6.07, 6.45) is 1.20. The molecule has 0 spiro atoms. The summed E-state index contributed by atoms with van der Waals surface area (Å²) < 4.78 is 0. The van der Waals surface area contributed by atoms with Crippen molar-refractivity contribution in [2.75, 3.05) is 5.32 Å². The van der Waals surface area contributed by atoms with Crippen molar-refractivity contribution in [2.24, 2.45) is 0 Å². The highest BCUT2D eigenvalue weighted by Crippen LogP contribution is 2.13. The Kier molecular flexibility index (Phi) is 5.11. The van der Waals surface area contributed by atoms with Crippen LogP contribution in [0.1, 0.15) is 25.3 Å². The van der Waals surface area contributed by atoms with E-state index in [1.165, 1.54) is 0 Å². The van der Waals surface area contributed by atoms with Gasteiger partial charge in [-0.1, -0.05) is 19.1 Å². The van der Waals surface area contributed by atoms with E-state index in [-0.39, 0.29) is 11.0 Å². The number of rotatable bonds is 3. The molecule has 0 aromatic heterocycles. The van der Waals surface area contributed by atoms with Gasteiger partial charge in [0.25, 0.3) is 0 Å². The van der Waals surface area contributed by atoms with Crippen molar-refractivity contribution < 1.29 is 4.79 Å².